The van der Waals surface area contributed by atoms with E-state index in [2.05, 4.69) is 59.2 Å². The van der Waals surface area contributed by atoms with Crippen molar-refractivity contribution >= 4 is 22.6 Å². The largest absolute Gasteiger partial charge is 0.312 e. The van der Waals surface area contributed by atoms with Gasteiger partial charge in [-0.3, -0.25) is 0 Å². The molecular weight excluding hydrogens is 304 g/mol. The highest BCUT2D eigenvalue weighted by atomic mass is 35.5. The van der Waals surface area contributed by atoms with Gasteiger partial charge >= 0.3 is 0 Å². The average Bonchev–Trinajstić information content (AvgIpc) is 3.11. The first kappa shape index (κ1) is 12.9. The highest BCUT2D eigenvalue weighted by Gasteiger charge is 2.32. The van der Waals surface area contributed by atoms with Crippen LogP contribution < -0.4 is 0 Å². The molecule has 0 amide bonds. The summed E-state index contributed by atoms with van der Waals surface area (Å²) < 4.78 is 2.34. The van der Waals surface area contributed by atoms with Gasteiger partial charge in [0, 0.05) is 10.6 Å². The molecule has 1 atom stereocenters. The standard InChI is InChI=1S/C20H13ClN2/c21-14-11-9-13(10-12-14)19-15-5-1-2-6-16(15)20-22-17-7-3-4-8-18(17)23(19)20/h1-12,19H/t19-/m1/s1. The fourth-order valence-corrected chi connectivity index (χ4v) is 3.67. The summed E-state index contributed by atoms with van der Waals surface area (Å²) in [6, 6.07) is 25.1. The van der Waals surface area contributed by atoms with E-state index in [4.69, 9.17) is 16.6 Å². The van der Waals surface area contributed by atoms with E-state index in [1.165, 1.54) is 22.2 Å². The van der Waals surface area contributed by atoms with E-state index < -0.39 is 0 Å². The molecule has 0 radical (unpaired) electrons. The Morgan fingerprint density at radius 2 is 1.57 bits per heavy atom. The number of halogens is 1. The molecule has 1 aromatic heterocycles. The Kier molecular flexibility index (Phi) is 2.64. The zero-order valence-electron chi connectivity index (χ0n) is 12.3. The van der Waals surface area contributed by atoms with Crippen LogP contribution in [0.1, 0.15) is 17.2 Å². The first-order chi connectivity index (χ1) is 11.3. The van der Waals surface area contributed by atoms with Crippen LogP contribution in [0.5, 0.6) is 0 Å². The van der Waals surface area contributed by atoms with Crippen LogP contribution in [0, 0.1) is 0 Å². The normalized spacial score (nSPS) is 15.6. The Balaban J connectivity index is 1.86. The number of para-hydroxylation sites is 2. The van der Waals surface area contributed by atoms with Crippen LogP contribution >= 0.6 is 11.6 Å². The average molecular weight is 317 g/mol. The molecule has 0 fully saturated rings. The van der Waals surface area contributed by atoms with E-state index in [0.717, 1.165) is 16.4 Å². The molecule has 0 N–H and O–H groups in total. The van der Waals surface area contributed by atoms with Gasteiger partial charge in [0.25, 0.3) is 0 Å². The van der Waals surface area contributed by atoms with Crippen LogP contribution in [0.4, 0.5) is 0 Å². The van der Waals surface area contributed by atoms with Crippen molar-refractivity contribution in [2.24, 2.45) is 0 Å². The Labute approximate surface area is 139 Å². The van der Waals surface area contributed by atoms with Gasteiger partial charge in [-0.25, -0.2) is 4.98 Å². The van der Waals surface area contributed by atoms with Crippen LogP contribution in [0.15, 0.2) is 72.8 Å². The maximum Gasteiger partial charge on any atom is 0.142 e. The fraction of sp³-hybridized carbons (Fsp3) is 0.0500. The number of hydrogen-bond donors (Lipinski definition) is 0. The molecule has 0 aliphatic carbocycles. The molecule has 2 nitrogen and oxygen atoms in total. The molecule has 0 saturated carbocycles. The van der Waals surface area contributed by atoms with Gasteiger partial charge in [-0.2, -0.15) is 0 Å². The van der Waals surface area contributed by atoms with Crippen LogP contribution in [-0.2, 0) is 0 Å². The van der Waals surface area contributed by atoms with E-state index in [-0.39, 0.29) is 6.04 Å². The summed E-state index contributed by atoms with van der Waals surface area (Å²) in [6.45, 7) is 0. The minimum atomic E-state index is 0.144. The maximum absolute atomic E-state index is 6.07. The van der Waals surface area contributed by atoms with Gasteiger partial charge in [-0.15, -0.1) is 0 Å². The third-order valence-electron chi connectivity index (χ3n) is 4.54. The molecule has 1 aliphatic rings. The van der Waals surface area contributed by atoms with Gasteiger partial charge in [-0.05, 0) is 35.4 Å². The van der Waals surface area contributed by atoms with Crippen molar-refractivity contribution in [2.75, 3.05) is 0 Å². The molecule has 0 spiro atoms. The van der Waals surface area contributed by atoms with Crippen molar-refractivity contribution in [2.45, 2.75) is 6.04 Å². The highest BCUT2D eigenvalue weighted by Crippen LogP contribution is 2.44. The Hall–Kier alpha value is -2.58. The molecule has 23 heavy (non-hydrogen) atoms. The number of nitrogens with zero attached hydrogens (tertiary/aromatic N) is 2. The third-order valence-corrected chi connectivity index (χ3v) is 4.79. The van der Waals surface area contributed by atoms with Gasteiger partial charge in [0.05, 0.1) is 17.1 Å². The molecule has 0 bridgehead atoms. The molecule has 1 aliphatic heterocycles. The SMILES string of the molecule is Clc1ccc([C@@H]2c3ccccc3-c3nc4ccccc4n32)cc1. The molecule has 3 heteroatoms. The number of benzene rings is 3. The zero-order chi connectivity index (χ0) is 15.4. The number of imidazole rings is 1. The Morgan fingerprint density at radius 3 is 2.43 bits per heavy atom. The smallest absolute Gasteiger partial charge is 0.142 e. The lowest BCUT2D eigenvalue weighted by atomic mass is 9.97. The molecule has 0 saturated heterocycles. The molecular formula is C20H13ClN2. The maximum atomic E-state index is 6.07. The summed E-state index contributed by atoms with van der Waals surface area (Å²) in [4.78, 5) is 4.86. The van der Waals surface area contributed by atoms with Gasteiger partial charge in [0.1, 0.15) is 5.82 Å². The Bertz CT molecular complexity index is 1030. The third kappa shape index (κ3) is 1.79. The lowest BCUT2D eigenvalue weighted by Crippen LogP contribution is -2.07. The van der Waals surface area contributed by atoms with Crippen molar-refractivity contribution < 1.29 is 0 Å². The van der Waals surface area contributed by atoms with Crippen molar-refractivity contribution in [1.29, 1.82) is 0 Å². The monoisotopic (exact) mass is 316 g/mol. The van der Waals surface area contributed by atoms with Crippen molar-refractivity contribution in [3.05, 3.63) is 88.9 Å². The van der Waals surface area contributed by atoms with Crippen molar-refractivity contribution in [1.82, 2.24) is 9.55 Å². The summed E-state index contributed by atoms with van der Waals surface area (Å²) in [5, 5.41) is 0.760. The van der Waals surface area contributed by atoms with E-state index >= 15 is 0 Å². The van der Waals surface area contributed by atoms with E-state index in [9.17, 15) is 0 Å². The van der Waals surface area contributed by atoms with Crippen LogP contribution in [0.2, 0.25) is 5.02 Å². The second-order valence-electron chi connectivity index (χ2n) is 5.84. The lowest BCUT2D eigenvalue weighted by molar-refractivity contribution is 0.739. The minimum Gasteiger partial charge on any atom is -0.312 e. The molecule has 3 aromatic carbocycles. The first-order valence-electron chi connectivity index (χ1n) is 7.65. The zero-order valence-corrected chi connectivity index (χ0v) is 13.0. The quantitative estimate of drug-likeness (QED) is 0.410. The first-order valence-corrected chi connectivity index (χ1v) is 8.02. The van der Waals surface area contributed by atoms with Gasteiger partial charge in [0.15, 0.2) is 0 Å². The molecule has 0 unspecified atom stereocenters. The molecule has 4 aromatic rings. The van der Waals surface area contributed by atoms with Crippen molar-refractivity contribution in [3.63, 3.8) is 0 Å². The van der Waals surface area contributed by atoms with Crippen molar-refractivity contribution in [3.8, 4) is 11.4 Å². The van der Waals surface area contributed by atoms with Gasteiger partial charge < -0.3 is 4.57 Å². The van der Waals surface area contributed by atoms with Crippen LogP contribution in [-0.4, -0.2) is 9.55 Å². The van der Waals surface area contributed by atoms with Crippen LogP contribution in [0.25, 0.3) is 22.4 Å². The summed E-state index contributed by atoms with van der Waals surface area (Å²) in [5.74, 6) is 1.04. The van der Waals surface area contributed by atoms with Gasteiger partial charge in [0.2, 0.25) is 0 Å². The second-order valence-corrected chi connectivity index (χ2v) is 6.27. The second kappa shape index (κ2) is 4.71. The molecule has 2 heterocycles. The summed E-state index contributed by atoms with van der Waals surface area (Å²) in [6.07, 6.45) is 0. The molecule has 5 rings (SSSR count). The number of fused-ring (bicyclic) bond motifs is 5. The predicted octanol–water partition coefficient (Wildman–Crippen LogP) is 5.31. The summed E-state index contributed by atoms with van der Waals surface area (Å²) >= 11 is 6.07. The predicted molar refractivity (Wildman–Crippen MR) is 93.9 cm³/mol. The number of aromatic nitrogens is 2. The molecule has 110 valence electrons. The van der Waals surface area contributed by atoms with Crippen LogP contribution in [0.3, 0.4) is 0 Å². The van der Waals surface area contributed by atoms with Gasteiger partial charge in [-0.1, -0.05) is 60.1 Å². The minimum absolute atomic E-state index is 0.144. The highest BCUT2D eigenvalue weighted by molar-refractivity contribution is 6.30. The fourth-order valence-electron chi connectivity index (χ4n) is 3.55. The summed E-state index contributed by atoms with van der Waals surface area (Å²) in [5.41, 5.74) is 5.94. The number of rotatable bonds is 1. The van der Waals surface area contributed by atoms with E-state index in [0.29, 0.717) is 0 Å². The van der Waals surface area contributed by atoms with E-state index in [1.54, 1.807) is 0 Å². The number of hydrogen-bond acceptors (Lipinski definition) is 1. The van der Waals surface area contributed by atoms with E-state index in [1.807, 2.05) is 18.2 Å². The Morgan fingerprint density at radius 1 is 0.826 bits per heavy atom. The lowest BCUT2D eigenvalue weighted by Gasteiger charge is -2.16. The topological polar surface area (TPSA) is 17.8 Å². The summed E-state index contributed by atoms with van der Waals surface area (Å²) in [7, 11) is 0.